The first-order valence-electron chi connectivity index (χ1n) is 10.6. The molecule has 0 saturated carbocycles. The average molecular weight is 460 g/mol. The van der Waals surface area contributed by atoms with Crippen LogP contribution in [0.4, 0.5) is 5.69 Å². The van der Waals surface area contributed by atoms with Crippen molar-refractivity contribution in [1.29, 1.82) is 0 Å². The molecule has 1 aliphatic heterocycles. The van der Waals surface area contributed by atoms with E-state index in [1.165, 1.54) is 21.3 Å². The van der Waals surface area contributed by atoms with Gasteiger partial charge in [0.15, 0.2) is 11.5 Å². The van der Waals surface area contributed by atoms with Crippen LogP contribution in [-0.4, -0.2) is 50.0 Å². The van der Waals surface area contributed by atoms with E-state index in [1.54, 1.807) is 36.4 Å². The topological polar surface area (TPSA) is 94.2 Å². The summed E-state index contributed by atoms with van der Waals surface area (Å²) < 4.78 is 16.0. The van der Waals surface area contributed by atoms with E-state index in [2.05, 4.69) is 5.32 Å². The van der Waals surface area contributed by atoms with E-state index in [9.17, 15) is 14.4 Å². The molecule has 0 saturated heterocycles. The maximum atomic E-state index is 13.5. The number of anilines is 1. The van der Waals surface area contributed by atoms with E-state index >= 15 is 0 Å². The summed E-state index contributed by atoms with van der Waals surface area (Å²) in [6.07, 6.45) is 0.155. The first kappa shape index (κ1) is 22.8. The van der Waals surface area contributed by atoms with Crippen LogP contribution in [0.15, 0.2) is 66.7 Å². The van der Waals surface area contributed by atoms with E-state index in [1.807, 2.05) is 30.3 Å². The number of fused-ring (bicyclic) bond motifs is 1. The van der Waals surface area contributed by atoms with Crippen LogP contribution in [0.1, 0.15) is 26.3 Å². The van der Waals surface area contributed by atoms with Gasteiger partial charge in [-0.2, -0.15) is 0 Å². The van der Waals surface area contributed by atoms with Crippen LogP contribution in [0.2, 0.25) is 0 Å². The summed E-state index contributed by atoms with van der Waals surface area (Å²) in [7, 11) is 4.43. The Bertz CT molecular complexity index is 1180. The van der Waals surface area contributed by atoms with Gasteiger partial charge in [0.25, 0.3) is 11.8 Å². The minimum absolute atomic E-state index is 0.155. The van der Waals surface area contributed by atoms with E-state index in [0.717, 1.165) is 10.5 Å². The molecule has 3 aromatic rings. The summed E-state index contributed by atoms with van der Waals surface area (Å²) in [6.45, 7) is 0. The Morgan fingerprint density at radius 3 is 1.85 bits per heavy atom. The van der Waals surface area contributed by atoms with Crippen LogP contribution < -0.4 is 19.5 Å². The smallest absolute Gasteiger partial charge is 0.262 e. The third-order valence-corrected chi connectivity index (χ3v) is 5.64. The highest BCUT2D eigenvalue weighted by Gasteiger charge is 2.42. The number of ether oxygens (including phenoxy) is 3. The molecule has 1 N–H and O–H groups in total. The summed E-state index contributed by atoms with van der Waals surface area (Å²) in [4.78, 5) is 40.9. The number of methoxy groups -OCH3 is 3. The van der Waals surface area contributed by atoms with Crippen LogP contribution in [0.3, 0.4) is 0 Å². The lowest BCUT2D eigenvalue weighted by Crippen LogP contribution is -2.48. The van der Waals surface area contributed by atoms with Gasteiger partial charge in [-0.05, 0) is 17.7 Å². The molecule has 0 bridgehead atoms. The monoisotopic (exact) mass is 460 g/mol. The molecule has 1 heterocycles. The van der Waals surface area contributed by atoms with Crippen molar-refractivity contribution >= 4 is 23.4 Å². The van der Waals surface area contributed by atoms with Crippen LogP contribution in [0, 0.1) is 0 Å². The third kappa shape index (κ3) is 4.17. The van der Waals surface area contributed by atoms with Crippen molar-refractivity contribution in [3.8, 4) is 17.2 Å². The fourth-order valence-electron chi connectivity index (χ4n) is 4.01. The third-order valence-electron chi connectivity index (χ3n) is 5.64. The Hall–Kier alpha value is -4.33. The summed E-state index contributed by atoms with van der Waals surface area (Å²) in [5.41, 5.74) is 1.75. The van der Waals surface area contributed by atoms with Gasteiger partial charge in [-0.25, -0.2) is 0 Å². The number of hydrogen-bond acceptors (Lipinski definition) is 6. The normalized spacial score (nSPS) is 13.3. The lowest BCUT2D eigenvalue weighted by Gasteiger charge is -2.26. The number of carbonyl (C=O) groups excluding carboxylic acids is 3. The fourth-order valence-corrected chi connectivity index (χ4v) is 4.01. The lowest BCUT2D eigenvalue weighted by atomic mass is 10.0. The maximum absolute atomic E-state index is 13.5. The molecule has 0 aromatic heterocycles. The Morgan fingerprint density at radius 1 is 0.824 bits per heavy atom. The van der Waals surface area contributed by atoms with Gasteiger partial charge in [0, 0.05) is 24.2 Å². The van der Waals surface area contributed by atoms with E-state index in [-0.39, 0.29) is 17.5 Å². The highest BCUT2D eigenvalue weighted by molar-refractivity contribution is 6.23. The van der Waals surface area contributed by atoms with E-state index in [4.69, 9.17) is 14.2 Å². The molecule has 4 rings (SSSR count). The predicted molar refractivity (Wildman–Crippen MR) is 126 cm³/mol. The lowest BCUT2D eigenvalue weighted by molar-refractivity contribution is -0.119. The second-order valence-electron chi connectivity index (χ2n) is 7.63. The number of hydrogen-bond donors (Lipinski definition) is 1. The number of amides is 3. The molecule has 0 fully saturated rings. The molecule has 1 aliphatic rings. The molecule has 174 valence electrons. The molecular formula is C26H24N2O6. The van der Waals surface area contributed by atoms with Gasteiger partial charge in [-0.1, -0.05) is 42.5 Å². The zero-order valence-electron chi connectivity index (χ0n) is 19.0. The molecule has 8 nitrogen and oxygen atoms in total. The molecule has 1 atom stereocenters. The van der Waals surface area contributed by atoms with Crippen LogP contribution >= 0.6 is 0 Å². The molecule has 3 amide bonds. The highest BCUT2D eigenvalue weighted by Crippen LogP contribution is 2.40. The zero-order valence-corrected chi connectivity index (χ0v) is 19.0. The number of nitrogens with zero attached hydrogens (tertiary/aromatic N) is 1. The van der Waals surface area contributed by atoms with Crippen molar-refractivity contribution in [3.05, 3.63) is 83.4 Å². The average Bonchev–Trinajstić information content (AvgIpc) is 3.12. The van der Waals surface area contributed by atoms with Crippen LogP contribution in [-0.2, 0) is 11.2 Å². The molecule has 8 heteroatoms. The number of benzene rings is 3. The second kappa shape index (κ2) is 9.66. The van der Waals surface area contributed by atoms with Gasteiger partial charge in [-0.15, -0.1) is 0 Å². The molecule has 0 radical (unpaired) electrons. The van der Waals surface area contributed by atoms with E-state index in [0.29, 0.717) is 22.9 Å². The first-order chi connectivity index (χ1) is 16.5. The fraction of sp³-hybridized carbons (Fsp3) is 0.192. The van der Waals surface area contributed by atoms with Crippen molar-refractivity contribution in [3.63, 3.8) is 0 Å². The predicted octanol–water partition coefficient (Wildman–Crippen LogP) is 3.56. The first-order valence-corrected chi connectivity index (χ1v) is 10.6. The Labute approximate surface area is 197 Å². The summed E-state index contributed by atoms with van der Waals surface area (Å²) in [5.74, 6) is -0.421. The zero-order chi connectivity index (χ0) is 24.2. The van der Waals surface area contributed by atoms with Gasteiger partial charge >= 0.3 is 0 Å². The van der Waals surface area contributed by atoms with Gasteiger partial charge in [-0.3, -0.25) is 19.3 Å². The SMILES string of the molecule is COc1cc(NC(=O)[C@H](Cc2ccccc2)N2C(=O)c3ccccc3C2=O)cc(OC)c1OC. The van der Waals surface area contributed by atoms with Crippen LogP contribution in [0.25, 0.3) is 0 Å². The molecule has 0 spiro atoms. The van der Waals surface area contributed by atoms with Gasteiger partial charge in [0.1, 0.15) is 6.04 Å². The van der Waals surface area contributed by atoms with Crippen molar-refractivity contribution in [2.24, 2.45) is 0 Å². The molecule has 0 aliphatic carbocycles. The molecule has 0 unspecified atom stereocenters. The summed E-state index contributed by atoms with van der Waals surface area (Å²) in [6, 6.07) is 17.9. The van der Waals surface area contributed by atoms with Gasteiger partial charge < -0.3 is 19.5 Å². The quantitative estimate of drug-likeness (QED) is 0.517. The minimum Gasteiger partial charge on any atom is -0.493 e. The largest absolute Gasteiger partial charge is 0.493 e. The molecule has 3 aromatic carbocycles. The Balaban J connectivity index is 1.70. The number of rotatable bonds is 8. The van der Waals surface area contributed by atoms with Gasteiger partial charge in [0.05, 0.1) is 32.5 Å². The maximum Gasteiger partial charge on any atom is 0.262 e. The molecule has 34 heavy (non-hydrogen) atoms. The summed E-state index contributed by atoms with van der Waals surface area (Å²) in [5, 5.41) is 2.81. The van der Waals surface area contributed by atoms with E-state index < -0.39 is 23.8 Å². The Kier molecular flexibility index (Phi) is 6.49. The van der Waals surface area contributed by atoms with Crippen molar-refractivity contribution < 1.29 is 28.6 Å². The Morgan fingerprint density at radius 2 is 1.35 bits per heavy atom. The number of imide groups is 1. The summed E-state index contributed by atoms with van der Waals surface area (Å²) >= 11 is 0. The van der Waals surface area contributed by atoms with Crippen molar-refractivity contribution in [2.75, 3.05) is 26.6 Å². The second-order valence-corrected chi connectivity index (χ2v) is 7.63. The number of carbonyl (C=O) groups is 3. The minimum atomic E-state index is -1.08. The van der Waals surface area contributed by atoms with Gasteiger partial charge in [0.2, 0.25) is 11.7 Å². The number of nitrogens with one attached hydrogen (secondary N) is 1. The molecular weight excluding hydrogens is 436 g/mol. The van der Waals surface area contributed by atoms with Crippen LogP contribution in [0.5, 0.6) is 17.2 Å². The van der Waals surface area contributed by atoms with Crippen molar-refractivity contribution in [2.45, 2.75) is 12.5 Å². The standard InChI is InChI=1S/C26H24N2O6/c1-32-21-14-17(15-22(33-2)23(21)34-3)27-24(29)20(13-16-9-5-4-6-10-16)28-25(30)18-11-7-8-12-19(18)26(28)31/h4-12,14-15,20H,13H2,1-3H3,(H,27,29)/t20-/m0/s1. The highest BCUT2D eigenvalue weighted by atomic mass is 16.5. The van der Waals surface area contributed by atoms with Crippen molar-refractivity contribution in [1.82, 2.24) is 4.90 Å².